The summed E-state index contributed by atoms with van der Waals surface area (Å²) in [6.07, 6.45) is -1.78. The second-order valence-corrected chi connectivity index (χ2v) is 12.4. The number of nitrogens with one attached hydrogen (secondary N) is 6. The van der Waals surface area contributed by atoms with Crippen molar-refractivity contribution in [3.05, 3.63) is 35.9 Å². The van der Waals surface area contributed by atoms with Crippen molar-refractivity contribution in [2.75, 3.05) is 6.54 Å². The van der Waals surface area contributed by atoms with Crippen LogP contribution in [0.4, 0.5) is 0 Å². The molecule has 1 aliphatic heterocycles. The van der Waals surface area contributed by atoms with Gasteiger partial charge >= 0.3 is 11.9 Å². The summed E-state index contributed by atoms with van der Waals surface area (Å²) >= 11 is 0. The normalized spacial score (nSPS) is 24.0. The molecule has 1 aromatic carbocycles. The van der Waals surface area contributed by atoms with Gasteiger partial charge in [0.15, 0.2) is 5.96 Å². The van der Waals surface area contributed by atoms with Gasteiger partial charge < -0.3 is 53.6 Å². The van der Waals surface area contributed by atoms with Gasteiger partial charge in [-0.05, 0) is 37.7 Å². The van der Waals surface area contributed by atoms with Gasteiger partial charge in [-0.2, -0.15) is 0 Å². The average molecular weight is 718 g/mol. The number of rotatable bonds is 12. The van der Waals surface area contributed by atoms with Crippen LogP contribution in [-0.2, 0) is 44.8 Å². The molecule has 1 fully saturated rings. The number of nitrogens with zero attached hydrogens (tertiary/aromatic N) is 1. The molecule has 1 aliphatic rings. The number of aliphatic imine (C=N–C) groups is 1. The fourth-order valence-corrected chi connectivity index (χ4v) is 5.02. The molecule has 0 saturated carbocycles. The molecule has 0 aliphatic carbocycles. The first-order valence-electron chi connectivity index (χ1n) is 16.3. The number of guanidine groups is 1. The smallest absolute Gasteiger partial charge is 0.305 e. The molecule has 1 saturated heterocycles. The van der Waals surface area contributed by atoms with E-state index in [2.05, 4.69) is 36.9 Å². The number of aliphatic carboxylic acids is 2. The van der Waals surface area contributed by atoms with E-state index in [4.69, 9.17) is 11.5 Å². The summed E-state index contributed by atoms with van der Waals surface area (Å²) in [5.74, 6) is -8.99. The van der Waals surface area contributed by atoms with Gasteiger partial charge in [0, 0.05) is 19.4 Å². The van der Waals surface area contributed by atoms with E-state index in [9.17, 15) is 48.6 Å². The van der Waals surface area contributed by atoms with Crippen molar-refractivity contribution in [2.45, 2.75) is 95.5 Å². The summed E-state index contributed by atoms with van der Waals surface area (Å²) in [7, 11) is 0. The zero-order valence-electron chi connectivity index (χ0n) is 28.6. The Hall–Kier alpha value is -5.75. The lowest BCUT2D eigenvalue weighted by Crippen LogP contribution is -2.62. The van der Waals surface area contributed by atoms with E-state index in [0.717, 1.165) is 0 Å². The third kappa shape index (κ3) is 14.3. The zero-order chi connectivity index (χ0) is 38.2. The lowest BCUT2D eigenvalue weighted by Gasteiger charge is -2.29. The monoisotopic (exact) mass is 717 g/mol. The highest BCUT2D eigenvalue weighted by Gasteiger charge is 2.35. The first-order chi connectivity index (χ1) is 24.0. The van der Waals surface area contributed by atoms with Crippen LogP contribution in [0.15, 0.2) is 35.3 Å². The first kappa shape index (κ1) is 41.4. The minimum atomic E-state index is -1.69. The Kier molecular flexibility index (Phi) is 16.3. The van der Waals surface area contributed by atoms with Gasteiger partial charge in [-0.15, -0.1) is 0 Å². The number of benzene rings is 1. The highest BCUT2D eigenvalue weighted by atomic mass is 16.4. The van der Waals surface area contributed by atoms with Crippen molar-refractivity contribution in [3.8, 4) is 0 Å². The Morgan fingerprint density at radius 3 is 1.82 bits per heavy atom. The van der Waals surface area contributed by atoms with Gasteiger partial charge in [-0.1, -0.05) is 44.2 Å². The van der Waals surface area contributed by atoms with Crippen molar-refractivity contribution in [3.63, 3.8) is 0 Å². The summed E-state index contributed by atoms with van der Waals surface area (Å²) in [6.45, 7) is 4.49. The molecule has 280 valence electrons. The molecular formula is C32H47N9O10. The number of nitrogens with two attached hydrogens (primary N) is 2. The van der Waals surface area contributed by atoms with Crippen molar-refractivity contribution in [1.29, 1.82) is 0 Å². The molecule has 0 radical (unpaired) electrons. The van der Waals surface area contributed by atoms with Crippen LogP contribution < -0.4 is 43.4 Å². The Bertz CT molecular complexity index is 1470. The van der Waals surface area contributed by atoms with E-state index >= 15 is 0 Å². The maximum absolute atomic E-state index is 13.9. The predicted molar refractivity (Wildman–Crippen MR) is 181 cm³/mol. The molecule has 1 aromatic rings. The van der Waals surface area contributed by atoms with Crippen LogP contribution in [-0.4, -0.2) is 106 Å². The molecular weight excluding hydrogens is 670 g/mol. The standard InChI is InChI=1S/C32H47N9O10/c1-16(2)25-31(51)40-22(15-24(44)45)29(49)36-17(3)26(46)37-20(11-12-23(42)43)27(47)39-21(14-18-8-5-4-6-9-18)30(50)38-19(28(48)41-25)10-7-13-35-32(33)34/h4-6,8-9,16-17,19-22,25H,7,10-15H2,1-3H3,(H,36,49)(H,37,46)(H,38,50)(H,39,47)(H,40,51)(H,41,48)(H,42,43)(H,44,45)(H4,33,34,35)/t17-,19-,20-,21-,22-,25-/m0/s1. The van der Waals surface area contributed by atoms with Crippen LogP contribution in [0.1, 0.15) is 58.4 Å². The fourth-order valence-electron chi connectivity index (χ4n) is 5.02. The van der Waals surface area contributed by atoms with Gasteiger partial charge in [-0.3, -0.25) is 43.3 Å². The quantitative estimate of drug-likeness (QED) is 0.0597. The molecule has 0 spiro atoms. The van der Waals surface area contributed by atoms with E-state index in [0.29, 0.717) is 5.56 Å². The number of carbonyl (C=O) groups is 8. The molecule has 19 nitrogen and oxygen atoms in total. The maximum Gasteiger partial charge on any atom is 0.305 e. The largest absolute Gasteiger partial charge is 0.481 e. The van der Waals surface area contributed by atoms with Crippen LogP contribution in [0.2, 0.25) is 0 Å². The second kappa shape index (κ2) is 20.1. The van der Waals surface area contributed by atoms with Crippen LogP contribution in [0.5, 0.6) is 0 Å². The van der Waals surface area contributed by atoms with Gasteiger partial charge in [0.05, 0.1) is 6.42 Å². The van der Waals surface area contributed by atoms with Crippen molar-refractivity contribution in [2.24, 2.45) is 22.4 Å². The Morgan fingerprint density at radius 1 is 0.706 bits per heavy atom. The summed E-state index contributed by atoms with van der Waals surface area (Å²) in [5.41, 5.74) is 11.4. The first-order valence-corrected chi connectivity index (χ1v) is 16.3. The zero-order valence-corrected chi connectivity index (χ0v) is 28.6. The number of hydrogen-bond donors (Lipinski definition) is 10. The van der Waals surface area contributed by atoms with E-state index in [1.54, 1.807) is 44.2 Å². The van der Waals surface area contributed by atoms with Crippen molar-refractivity contribution in [1.82, 2.24) is 31.9 Å². The Balaban J connectivity index is 2.62. The lowest BCUT2D eigenvalue weighted by molar-refractivity contribution is -0.142. The number of carboxylic acids is 2. The number of hydrogen-bond acceptors (Lipinski definition) is 9. The van der Waals surface area contributed by atoms with Gasteiger partial charge in [-0.25, -0.2) is 0 Å². The van der Waals surface area contributed by atoms with Gasteiger partial charge in [0.2, 0.25) is 35.4 Å². The third-order valence-electron chi connectivity index (χ3n) is 7.78. The predicted octanol–water partition coefficient (Wildman–Crippen LogP) is -2.78. The molecule has 2 rings (SSSR count). The molecule has 19 heteroatoms. The highest BCUT2D eigenvalue weighted by Crippen LogP contribution is 2.10. The van der Waals surface area contributed by atoms with Crippen LogP contribution in [0, 0.1) is 5.92 Å². The topological polar surface area (TPSA) is 314 Å². The third-order valence-corrected chi connectivity index (χ3v) is 7.78. The van der Waals surface area contributed by atoms with Crippen molar-refractivity contribution < 1.29 is 48.6 Å². The lowest BCUT2D eigenvalue weighted by atomic mass is 10.00. The minimum absolute atomic E-state index is 0.0357. The van der Waals surface area contributed by atoms with Crippen molar-refractivity contribution >= 4 is 53.3 Å². The molecule has 0 bridgehead atoms. The molecule has 0 aromatic heterocycles. The SMILES string of the molecule is CC(C)[C@@H]1NC(=O)[C@H](CCCN=C(N)N)NC(=O)[C@H](Cc2ccccc2)NC(=O)[C@H](CCC(=O)O)NC(=O)[C@H](C)NC(=O)[C@H](CC(=O)O)NC1=O. The van der Waals surface area contributed by atoms with E-state index in [-0.39, 0.29) is 31.8 Å². The van der Waals surface area contributed by atoms with Crippen LogP contribution in [0.25, 0.3) is 0 Å². The summed E-state index contributed by atoms with van der Waals surface area (Å²) < 4.78 is 0. The summed E-state index contributed by atoms with van der Waals surface area (Å²) in [5, 5.41) is 33.5. The highest BCUT2D eigenvalue weighted by molar-refractivity contribution is 5.99. The summed E-state index contributed by atoms with van der Waals surface area (Å²) in [4.78, 5) is 108. The minimum Gasteiger partial charge on any atom is -0.481 e. The second-order valence-electron chi connectivity index (χ2n) is 12.4. The average Bonchev–Trinajstić information content (AvgIpc) is 3.05. The van der Waals surface area contributed by atoms with Crippen LogP contribution in [0.3, 0.4) is 0 Å². The maximum atomic E-state index is 13.9. The molecule has 6 atom stereocenters. The van der Waals surface area contributed by atoms with E-state index < -0.39 is 109 Å². The Labute approximate surface area is 294 Å². The number of amides is 6. The number of carboxylic acid groups (broad SMARTS) is 2. The van der Waals surface area contributed by atoms with E-state index in [1.807, 2.05) is 0 Å². The van der Waals surface area contributed by atoms with Gasteiger partial charge in [0.1, 0.15) is 36.3 Å². The molecule has 0 unspecified atom stereocenters. The number of carbonyl (C=O) groups excluding carboxylic acids is 6. The summed E-state index contributed by atoms with van der Waals surface area (Å²) in [6, 6.07) is 0.00133. The van der Waals surface area contributed by atoms with Gasteiger partial charge in [0.25, 0.3) is 0 Å². The molecule has 6 amide bonds. The molecule has 51 heavy (non-hydrogen) atoms. The van der Waals surface area contributed by atoms with Crippen LogP contribution >= 0.6 is 0 Å². The molecule has 1 heterocycles. The Morgan fingerprint density at radius 2 is 1.24 bits per heavy atom. The fraction of sp³-hybridized carbons (Fsp3) is 0.531. The van der Waals surface area contributed by atoms with E-state index in [1.165, 1.54) is 6.92 Å². The molecule has 12 N–H and O–H groups in total.